The molecule has 6 aromatic rings. The number of hydrogen-bond donors (Lipinski definition) is 3. The Morgan fingerprint density at radius 1 is 0.816 bits per heavy atom. The van der Waals surface area contributed by atoms with E-state index in [-0.39, 0.29) is 11.9 Å². The van der Waals surface area contributed by atoms with Crippen LogP contribution in [0.5, 0.6) is 5.75 Å². The van der Waals surface area contributed by atoms with E-state index in [9.17, 15) is 4.39 Å². The van der Waals surface area contributed by atoms with Crippen LogP contribution in [0.4, 0.5) is 4.39 Å². The summed E-state index contributed by atoms with van der Waals surface area (Å²) in [6.45, 7) is 1.94. The van der Waals surface area contributed by atoms with Crippen molar-refractivity contribution in [1.82, 2.24) is 35.5 Å². The summed E-state index contributed by atoms with van der Waals surface area (Å²) in [5.41, 5.74) is 6.85. The van der Waals surface area contributed by atoms with Gasteiger partial charge >= 0.3 is 0 Å². The highest BCUT2D eigenvalue weighted by Crippen LogP contribution is 2.34. The van der Waals surface area contributed by atoms with Crippen molar-refractivity contribution < 1.29 is 9.13 Å². The summed E-state index contributed by atoms with van der Waals surface area (Å²) >= 11 is 0. The van der Waals surface area contributed by atoms with E-state index in [1.165, 1.54) is 12.1 Å². The van der Waals surface area contributed by atoms with E-state index in [1.54, 1.807) is 36.9 Å². The Bertz CT molecular complexity index is 1750. The molecule has 0 radical (unpaired) electrons. The largest absolute Gasteiger partial charge is 0.489 e. The van der Waals surface area contributed by atoms with Gasteiger partial charge < -0.3 is 15.0 Å². The SMILES string of the molecule is Fc1ccc(-c2cncc3[nH]c(-c4[nH]nc5ncc(-c6cncc(OC7CCNCC7)c6)cc45)cc23)cc1. The van der Waals surface area contributed by atoms with Gasteiger partial charge in [0.1, 0.15) is 17.7 Å². The molecule has 0 unspecified atom stereocenters. The molecule has 188 valence electrons. The molecular formula is C29H24FN7O. The molecule has 1 saturated heterocycles. The Kier molecular flexibility index (Phi) is 5.55. The molecule has 1 aliphatic heterocycles. The minimum Gasteiger partial charge on any atom is -0.489 e. The Labute approximate surface area is 217 Å². The maximum absolute atomic E-state index is 13.5. The Morgan fingerprint density at radius 2 is 1.63 bits per heavy atom. The van der Waals surface area contributed by atoms with Crippen molar-refractivity contribution in [2.75, 3.05) is 13.1 Å². The van der Waals surface area contributed by atoms with Gasteiger partial charge in [-0.3, -0.25) is 15.1 Å². The van der Waals surface area contributed by atoms with Crippen molar-refractivity contribution in [3.8, 4) is 39.4 Å². The summed E-state index contributed by atoms with van der Waals surface area (Å²) in [4.78, 5) is 16.9. The third-order valence-electron chi connectivity index (χ3n) is 7.02. The highest BCUT2D eigenvalue weighted by atomic mass is 19.1. The molecule has 1 aliphatic rings. The number of H-pyrrole nitrogens is 2. The molecule has 9 heteroatoms. The van der Waals surface area contributed by atoms with Crippen LogP contribution < -0.4 is 10.1 Å². The molecule has 1 aromatic carbocycles. The Balaban J connectivity index is 1.25. The average molecular weight is 506 g/mol. The van der Waals surface area contributed by atoms with E-state index < -0.39 is 0 Å². The molecule has 8 nitrogen and oxygen atoms in total. The zero-order chi connectivity index (χ0) is 25.5. The second-order valence-electron chi connectivity index (χ2n) is 9.51. The summed E-state index contributed by atoms with van der Waals surface area (Å²) in [5.74, 6) is 0.493. The lowest BCUT2D eigenvalue weighted by Crippen LogP contribution is -2.34. The summed E-state index contributed by atoms with van der Waals surface area (Å²) in [6.07, 6.45) is 11.1. The van der Waals surface area contributed by atoms with Crippen molar-refractivity contribution >= 4 is 21.9 Å². The van der Waals surface area contributed by atoms with E-state index in [2.05, 4.69) is 47.6 Å². The second-order valence-corrected chi connectivity index (χ2v) is 9.51. The van der Waals surface area contributed by atoms with Gasteiger partial charge in [0.2, 0.25) is 0 Å². The maximum atomic E-state index is 13.5. The first kappa shape index (κ1) is 22.6. The van der Waals surface area contributed by atoms with Gasteiger partial charge in [0, 0.05) is 46.1 Å². The third-order valence-corrected chi connectivity index (χ3v) is 7.02. The number of nitrogens with zero attached hydrogens (tertiary/aromatic N) is 4. The van der Waals surface area contributed by atoms with Crippen LogP contribution in [0.25, 0.3) is 55.6 Å². The predicted octanol–water partition coefficient (Wildman–Crippen LogP) is 5.50. The number of pyridine rings is 3. The second kappa shape index (κ2) is 9.35. The summed E-state index contributed by atoms with van der Waals surface area (Å²) in [7, 11) is 0. The monoisotopic (exact) mass is 505 g/mol. The Hall–Kier alpha value is -4.63. The molecule has 0 bridgehead atoms. The molecule has 3 N–H and O–H groups in total. The smallest absolute Gasteiger partial charge is 0.181 e. The number of piperidine rings is 1. The van der Waals surface area contributed by atoms with Crippen LogP contribution in [-0.4, -0.2) is 49.3 Å². The van der Waals surface area contributed by atoms with E-state index in [0.29, 0.717) is 5.65 Å². The van der Waals surface area contributed by atoms with E-state index >= 15 is 0 Å². The average Bonchev–Trinajstić information content (AvgIpc) is 3.58. The molecular weight excluding hydrogens is 481 g/mol. The summed E-state index contributed by atoms with van der Waals surface area (Å²) < 4.78 is 19.7. The number of fused-ring (bicyclic) bond motifs is 2. The molecule has 5 aromatic heterocycles. The van der Waals surface area contributed by atoms with Gasteiger partial charge in [-0.2, -0.15) is 5.10 Å². The first-order valence-electron chi connectivity index (χ1n) is 12.6. The highest BCUT2D eigenvalue weighted by molar-refractivity contribution is 6.00. The molecule has 1 fully saturated rings. The van der Waals surface area contributed by atoms with Crippen molar-refractivity contribution in [3.63, 3.8) is 0 Å². The number of hydrogen-bond acceptors (Lipinski definition) is 6. The van der Waals surface area contributed by atoms with Crippen molar-refractivity contribution in [1.29, 1.82) is 0 Å². The number of rotatable bonds is 5. The van der Waals surface area contributed by atoms with Crippen molar-refractivity contribution in [2.45, 2.75) is 18.9 Å². The zero-order valence-corrected chi connectivity index (χ0v) is 20.4. The molecule has 0 aliphatic carbocycles. The normalized spacial score (nSPS) is 14.3. The number of benzene rings is 1. The number of ether oxygens (including phenoxy) is 1. The minimum atomic E-state index is -0.269. The van der Waals surface area contributed by atoms with Crippen LogP contribution in [0.3, 0.4) is 0 Å². The Morgan fingerprint density at radius 3 is 2.50 bits per heavy atom. The fraction of sp³-hybridized carbons (Fsp3) is 0.172. The summed E-state index contributed by atoms with van der Waals surface area (Å²) in [6, 6.07) is 12.6. The lowest BCUT2D eigenvalue weighted by Gasteiger charge is -2.23. The zero-order valence-electron chi connectivity index (χ0n) is 20.4. The fourth-order valence-corrected chi connectivity index (χ4v) is 5.06. The quantitative estimate of drug-likeness (QED) is 0.286. The highest BCUT2D eigenvalue weighted by Gasteiger charge is 2.17. The molecule has 6 heterocycles. The first-order valence-corrected chi connectivity index (χ1v) is 12.6. The van der Waals surface area contributed by atoms with Gasteiger partial charge in [0.25, 0.3) is 0 Å². The van der Waals surface area contributed by atoms with Gasteiger partial charge in [-0.15, -0.1) is 0 Å². The molecule has 0 atom stereocenters. The van der Waals surface area contributed by atoms with Gasteiger partial charge in [-0.25, -0.2) is 9.37 Å². The van der Waals surface area contributed by atoms with Crippen LogP contribution in [-0.2, 0) is 0 Å². The molecule has 38 heavy (non-hydrogen) atoms. The topological polar surface area (TPSA) is 104 Å². The lowest BCUT2D eigenvalue weighted by atomic mass is 10.0. The number of halogens is 1. The maximum Gasteiger partial charge on any atom is 0.181 e. The van der Waals surface area contributed by atoms with Crippen LogP contribution in [0.2, 0.25) is 0 Å². The van der Waals surface area contributed by atoms with Crippen molar-refractivity contribution in [3.05, 3.63) is 79.3 Å². The fourth-order valence-electron chi connectivity index (χ4n) is 5.06. The lowest BCUT2D eigenvalue weighted by molar-refractivity contribution is 0.162. The van der Waals surface area contributed by atoms with Gasteiger partial charge in [0.15, 0.2) is 5.65 Å². The molecule has 0 amide bonds. The van der Waals surface area contributed by atoms with Gasteiger partial charge in [-0.05, 0) is 61.8 Å². The van der Waals surface area contributed by atoms with Crippen LogP contribution in [0.15, 0.2) is 73.4 Å². The van der Waals surface area contributed by atoms with Crippen LogP contribution in [0, 0.1) is 5.82 Å². The first-order chi connectivity index (χ1) is 18.7. The van der Waals surface area contributed by atoms with Gasteiger partial charge in [0.05, 0.1) is 29.3 Å². The molecule has 0 saturated carbocycles. The van der Waals surface area contributed by atoms with Crippen LogP contribution >= 0.6 is 0 Å². The van der Waals surface area contributed by atoms with Gasteiger partial charge in [-0.1, -0.05) is 12.1 Å². The molecule has 0 spiro atoms. The van der Waals surface area contributed by atoms with Crippen molar-refractivity contribution in [2.24, 2.45) is 0 Å². The number of aromatic nitrogens is 6. The minimum absolute atomic E-state index is 0.200. The number of nitrogens with one attached hydrogen (secondary N) is 3. The van der Waals surface area contributed by atoms with Crippen LogP contribution in [0.1, 0.15) is 12.8 Å². The van der Waals surface area contributed by atoms with E-state index in [0.717, 1.165) is 81.6 Å². The van der Waals surface area contributed by atoms with E-state index in [1.807, 2.05) is 12.3 Å². The number of aromatic amines is 2. The summed E-state index contributed by atoms with van der Waals surface area (Å²) in [5, 5.41) is 12.8. The van der Waals surface area contributed by atoms with E-state index in [4.69, 9.17) is 4.74 Å². The third kappa shape index (κ3) is 4.16. The predicted molar refractivity (Wildman–Crippen MR) is 144 cm³/mol. The standard InChI is InChI=1S/C29H24FN7O/c30-20-3-1-17(2-4-20)25-15-33-16-27-23(25)11-26(35-27)28-24-10-19(13-34-29(24)37-36-28)18-9-22(14-32-12-18)38-21-5-7-31-8-6-21/h1-4,9-16,21,31,35H,5-8H2,(H,34,36,37). The molecule has 7 rings (SSSR count).